The highest BCUT2D eigenvalue weighted by atomic mass is 32.1. The van der Waals surface area contributed by atoms with Gasteiger partial charge in [-0.3, -0.25) is 4.79 Å². The van der Waals surface area contributed by atoms with E-state index in [0.29, 0.717) is 16.9 Å². The third-order valence-corrected chi connectivity index (χ3v) is 5.12. The van der Waals surface area contributed by atoms with E-state index in [1.165, 1.54) is 29.2 Å². The second-order valence-electron chi connectivity index (χ2n) is 5.68. The number of aromatic nitrogens is 3. The molecule has 8 heteroatoms. The lowest BCUT2D eigenvalue weighted by Crippen LogP contribution is -2.25. The molecule has 0 saturated heterocycles. The number of carbonyl (C=O) groups excluding carboxylic acids is 1. The molecular formula is C18H17FN4O2S. The molecule has 0 aliphatic heterocycles. The zero-order valence-corrected chi connectivity index (χ0v) is 14.9. The zero-order valence-electron chi connectivity index (χ0n) is 14.1. The van der Waals surface area contributed by atoms with Crippen molar-refractivity contribution in [2.75, 3.05) is 6.54 Å². The van der Waals surface area contributed by atoms with Gasteiger partial charge in [-0.15, -0.1) is 11.3 Å². The molecule has 1 aromatic carbocycles. The summed E-state index contributed by atoms with van der Waals surface area (Å²) in [7, 11) is 0. The molecular weight excluding hydrogens is 355 g/mol. The molecule has 134 valence electrons. The summed E-state index contributed by atoms with van der Waals surface area (Å²) in [4.78, 5) is 25.5. The van der Waals surface area contributed by atoms with E-state index in [-0.39, 0.29) is 30.1 Å². The van der Waals surface area contributed by atoms with E-state index in [1.54, 1.807) is 18.2 Å². The van der Waals surface area contributed by atoms with Gasteiger partial charge in [-0.2, -0.15) is 5.10 Å². The first-order valence-electron chi connectivity index (χ1n) is 7.87. The van der Waals surface area contributed by atoms with Gasteiger partial charge in [-0.1, -0.05) is 12.1 Å². The number of benzene rings is 1. The van der Waals surface area contributed by atoms with E-state index in [4.69, 9.17) is 5.73 Å². The summed E-state index contributed by atoms with van der Waals surface area (Å²) >= 11 is 1.43. The Balaban J connectivity index is 1.86. The first-order chi connectivity index (χ1) is 12.5. The fraction of sp³-hybridized carbons (Fsp3) is 0.167. The van der Waals surface area contributed by atoms with Crippen LogP contribution in [0.1, 0.15) is 16.6 Å². The number of ketones is 1. The summed E-state index contributed by atoms with van der Waals surface area (Å²) in [6.07, 6.45) is 1.79. The number of hydrogen-bond donors (Lipinski definition) is 1. The van der Waals surface area contributed by atoms with Gasteiger partial charge in [-0.25, -0.2) is 18.4 Å². The van der Waals surface area contributed by atoms with Crippen molar-refractivity contribution in [2.24, 2.45) is 5.73 Å². The molecule has 0 fully saturated rings. The quantitative estimate of drug-likeness (QED) is 0.675. The lowest BCUT2D eigenvalue weighted by molar-refractivity contribution is 0.102. The Hall–Kier alpha value is -2.84. The van der Waals surface area contributed by atoms with E-state index >= 15 is 0 Å². The highest BCUT2D eigenvalue weighted by Crippen LogP contribution is 2.28. The zero-order chi connectivity index (χ0) is 18.7. The molecule has 2 aromatic heterocycles. The topological polar surface area (TPSA) is 82.9 Å². The van der Waals surface area contributed by atoms with E-state index in [0.717, 1.165) is 15.1 Å². The molecule has 0 atom stereocenters. The van der Waals surface area contributed by atoms with Crippen molar-refractivity contribution in [3.8, 4) is 16.1 Å². The molecule has 0 aliphatic rings. The van der Waals surface area contributed by atoms with Crippen molar-refractivity contribution in [1.29, 1.82) is 0 Å². The standard InChI is InChI=1S/C18H17FN4O2S/c1-12(24)16-6-7-17(26-16)14-2-4-15(5-3-14)22-11-21-23(18(22)25)10-13(8-19)9-20/h2-8,11H,9-10,20H2,1H3/b13-8-. The predicted octanol–water partition coefficient (Wildman–Crippen LogP) is 2.78. The average Bonchev–Trinajstić information content (AvgIpc) is 3.27. The van der Waals surface area contributed by atoms with Crippen LogP contribution in [0, 0.1) is 0 Å². The molecule has 0 spiro atoms. The van der Waals surface area contributed by atoms with Crippen LogP contribution in [0.4, 0.5) is 4.39 Å². The number of thiophene rings is 1. The molecule has 3 rings (SSSR count). The molecule has 2 heterocycles. The number of Topliss-reactive ketones (excluding diaryl/α,β-unsaturated/α-hetero) is 1. The Morgan fingerprint density at radius 1 is 1.27 bits per heavy atom. The molecule has 3 aromatic rings. The molecule has 6 nitrogen and oxygen atoms in total. The lowest BCUT2D eigenvalue weighted by atomic mass is 10.1. The largest absolute Gasteiger partial charge is 0.350 e. The van der Waals surface area contributed by atoms with E-state index in [2.05, 4.69) is 5.10 Å². The van der Waals surface area contributed by atoms with Gasteiger partial charge in [0, 0.05) is 11.4 Å². The highest BCUT2D eigenvalue weighted by Gasteiger charge is 2.10. The monoisotopic (exact) mass is 372 g/mol. The third-order valence-electron chi connectivity index (χ3n) is 3.89. The predicted molar refractivity (Wildman–Crippen MR) is 99.4 cm³/mol. The van der Waals surface area contributed by atoms with Crippen molar-refractivity contribution >= 4 is 17.1 Å². The molecule has 0 bridgehead atoms. The van der Waals surface area contributed by atoms with Crippen LogP contribution in [-0.4, -0.2) is 26.7 Å². The van der Waals surface area contributed by atoms with Crippen molar-refractivity contribution < 1.29 is 9.18 Å². The fourth-order valence-corrected chi connectivity index (χ4v) is 3.33. The third kappa shape index (κ3) is 3.56. The molecule has 26 heavy (non-hydrogen) atoms. The normalized spacial score (nSPS) is 11.7. The van der Waals surface area contributed by atoms with Crippen LogP contribution in [0.3, 0.4) is 0 Å². The summed E-state index contributed by atoms with van der Waals surface area (Å²) in [6.45, 7) is 1.57. The van der Waals surface area contributed by atoms with Gasteiger partial charge < -0.3 is 5.73 Å². The van der Waals surface area contributed by atoms with Gasteiger partial charge in [0.25, 0.3) is 0 Å². The number of halogens is 1. The summed E-state index contributed by atoms with van der Waals surface area (Å²) in [5, 5.41) is 4.00. The van der Waals surface area contributed by atoms with E-state index < -0.39 is 0 Å². The minimum absolute atomic E-state index is 0.0138. The average molecular weight is 372 g/mol. The van der Waals surface area contributed by atoms with E-state index in [1.807, 2.05) is 18.2 Å². The van der Waals surface area contributed by atoms with Crippen LogP contribution in [-0.2, 0) is 6.54 Å². The number of hydrogen-bond acceptors (Lipinski definition) is 5. The summed E-state index contributed by atoms with van der Waals surface area (Å²) in [5.41, 5.74) is 6.92. The fourth-order valence-electron chi connectivity index (χ4n) is 2.43. The van der Waals surface area contributed by atoms with Gasteiger partial charge in [0.15, 0.2) is 5.78 Å². The van der Waals surface area contributed by atoms with Crippen molar-refractivity contribution in [2.45, 2.75) is 13.5 Å². The first-order valence-corrected chi connectivity index (χ1v) is 8.69. The Labute approximate surface area is 153 Å². The smallest absolute Gasteiger partial charge is 0.327 e. The number of nitrogens with zero attached hydrogens (tertiary/aromatic N) is 3. The van der Waals surface area contributed by atoms with Crippen molar-refractivity contribution in [1.82, 2.24) is 14.3 Å². The number of rotatable bonds is 6. The Kier molecular flexibility index (Phi) is 5.24. The van der Waals surface area contributed by atoms with Crippen molar-refractivity contribution in [3.05, 3.63) is 70.0 Å². The van der Waals surface area contributed by atoms with Gasteiger partial charge in [0.1, 0.15) is 6.33 Å². The van der Waals surface area contributed by atoms with Crippen LogP contribution in [0.25, 0.3) is 16.1 Å². The maximum absolute atomic E-state index is 12.7. The molecule has 0 unspecified atom stereocenters. The van der Waals surface area contributed by atoms with Crippen LogP contribution in [0.2, 0.25) is 0 Å². The highest BCUT2D eigenvalue weighted by molar-refractivity contribution is 7.17. The summed E-state index contributed by atoms with van der Waals surface area (Å²) in [5.74, 6) is 0.0380. The summed E-state index contributed by atoms with van der Waals surface area (Å²) < 4.78 is 15.2. The first kappa shape index (κ1) is 18.0. The van der Waals surface area contributed by atoms with Gasteiger partial charge in [0.05, 0.1) is 23.4 Å². The molecule has 0 saturated carbocycles. The molecule has 0 radical (unpaired) electrons. The van der Waals surface area contributed by atoms with Crippen LogP contribution >= 0.6 is 11.3 Å². The maximum atomic E-state index is 12.7. The number of carbonyl (C=O) groups is 1. The molecule has 0 aliphatic carbocycles. The minimum atomic E-state index is -0.375. The minimum Gasteiger partial charge on any atom is -0.327 e. The SMILES string of the molecule is CC(=O)c1ccc(-c2ccc(-n3cnn(C/C(=C\F)CN)c3=O)cc2)s1. The Morgan fingerprint density at radius 2 is 2.00 bits per heavy atom. The Morgan fingerprint density at radius 3 is 2.58 bits per heavy atom. The number of nitrogens with two attached hydrogens (primary N) is 1. The molecule has 2 N–H and O–H groups in total. The maximum Gasteiger partial charge on any atom is 0.350 e. The van der Waals surface area contributed by atoms with Crippen LogP contribution in [0.15, 0.2) is 59.4 Å². The van der Waals surface area contributed by atoms with Crippen LogP contribution in [0.5, 0.6) is 0 Å². The second kappa shape index (κ2) is 7.59. The Bertz CT molecular complexity index is 1010. The van der Waals surface area contributed by atoms with Gasteiger partial charge in [0.2, 0.25) is 0 Å². The van der Waals surface area contributed by atoms with Crippen LogP contribution < -0.4 is 11.4 Å². The second-order valence-corrected chi connectivity index (χ2v) is 6.76. The molecule has 0 amide bonds. The van der Waals surface area contributed by atoms with E-state index in [9.17, 15) is 14.0 Å². The lowest BCUT2D eigenvalue weighted by Gasteiger charge is -2.03. The summed E-state index contributed by atoms with van der Waals surface area (Å²) in [6, 6.07) is 11.1. The van der Waals surface area contributed by atoms with Crippen molar-refractivity contribution in [3.63, 3.8) is 0 Å². The van der Waals surface area contributed by atoms with Gasteiger partial charge >= 0.3 is 5.69 Å². The van der Waals surface area contributed by atoms with Gasteiger partial charge in [-0.05, 0) is 42.3 Å².